The van der Waals surface area contributed by atoms with E-state index >= 15 is 0 Å². The van der Waals surface area contributed by atoms with E-state index < -0.39 is 0 Å². The highest BCUT2D eigenvalue weighted by molar-refractivity contribution is 5.98. The smallest absolute Gasteiger partial charge is 0.255 e. The van der Waals surface area contributed by atoms with E-state index in [-0.39, 0.29) is 11.5 Å². The lowest BCUT2D eigenvalue weighted by Gasteiger charge is -2.44. The fourth-order valence-electron chi connectivity index (χ4n) is 3.80. The molecule has 2 aliphatic rings. The van der Waals surface area contributed by atoms with Gasteiger partial charge in [-0.3, -0.25) is 4.79 Å². The van der Waals surface area contributed by atoms with Crippen molar-refractivity contribution < 1.29 is 14.3 Å². The highest BCUT2D eigenvalue weighted by Crippen LogP contribution is 2.29. The normalized spacial score (nSPS) is 24.2. The third-order valence-electron chi connectivity index (χ3n) is 5.15. The lowest BCUT2D eigenvalue weighted by molar-refractivity contribution is -0.160. The van der Waals surface area contributed by atoms with Gasteiger partial charge in [0.05, 0.1) is 37.2 Å². The van der Waals surface area contributed by atoms with Crippen molar-refractivity contribution >= 4 is 16.9 Å². The fraction of sp³-hybridized carbons (Fsp3) is 0.611. The molecule has 7 nitrogen and oxygen atoms in total. The second-order valence-electron chi connectivity index (χ2n) is 6.91. The summed E-state index contributed by atoms with van der Waals surface area (Å²) in [6, 6.07) is 1.92. The molecule has 1 unspecified atom stereocenters. The van der Waals surface area contributed by atoms with Crippen LogP contribution >= 0.6 is 0 Å². The van der Waals surface area contributed by atoms with E-state index in [0.717, 1.165) is 42.7 Å². The van der Waals surface area contributed by atoms with Crippen molar-refractivity contribution in [2.24, 2.45) is 0 Å². The van der Waals surface area contributed by atoms with Gasteiger partial charge < -0.3 is 14.4 Å². The molecule has 4 heterocycles. The molecule has 2 saturated heterocycles. The van der Waals surface area contributed by atoms with Crippen LogP contribution in [0.1, 0.15) is 35.8 Å². The van der Waals surface area contributed by atoms with Crippen molar-refractivity contribution in [3.8, 4) is 0 Å². The Labute approximate surface area is 146 Å². The van der Waals surface area contributed by atoms with E-state index in [1.165, 1.54) is 0 Å². The minimum atomic E-state index is -0.343. The number of morpholine rings is 1. The molecule has 0 bridgehead atoms. The molecule has 2 aromatic rings. The van der Waals surface area contributed by atoms with Crippen LogP contribution in [0.4, 0.5) is 0 Å². The highest BCUT2D eigenvalue weighted by atomic mass is 16.5. The summed E-state index contributed by atoms with van der Waals surface area (Å²) >= 11 is 0. The highest BCUT2D eigenvalue weighted by Gasteiger charge is 2.40. The summed E-state index contributed by atoms with van der Waals surface area (Å²) < 4.78 is 13.4. The van der Waals surface area contributed by atoms with Crippen molar-refractivity contribution in [2.75, 3.05) is 32.9 Å². The first-order valence-corrected chi connectivity index (χ1v) is 8.96. The third kappa shape index (κ3) is 2.91. The van der Waals surface area contributed by atoms with E-state index in [4.69, 9.17) is 9.47 Å². The van der Waals surface area contributed by atoms with Crippen molar-refractivity contribution in [1.29, 1.82) is 0 Å². The molecular formula is C18H24N4O3. The first-order valence-electron chi connectivity index (χ1n) is 8.96. The summed E-state index contributed by atoms with van der Waals surface area (Å²) in [5.74, 6) is 0.0180. The summed E-state index contributed by atoms with van der Waals surface area (Å²) in [4.78, 5) is 19.6. The number of aryl methyl sites for hydroxylation is 2. The van der Waals surface area contributed by atoms with Crippen LogP contribution in [0.5, 0.6) is 0 Å². The van der Waals surface area contributed by atoms with Crippen molar-refractivity contribution in [2.45, 2.75) is 38.8 Å². The molecule has 1 atom stereocenters. The van der Waals surface area contributed by atoms with Crippen LogP contribution in [0.25, 0.3) is 11.0 Å². The Morgan fingerprint density at radius 3 is 3.04 bits per heavy atom. The minimum absolute atomic E-state index is 0.0180. The van der Waals surface area contributed by atoms with Gasteiger partial charge in [-0.1, -0.05) is 0 Å². The van der Waals surface area contributed by atoms with E-state index in [0.29, 0.717) is 31.9 Å². The quantitative estimate of drug-likeness (QED) is 0.831. The van der Waals surface area contributed by atoms with Crippen molar-refractivity contribution in [3.05, 3.63) is 23.5 Å². The van der Waals surface area contributed by atoms with Crippen LogP contribution in [-0.2, 0) is 16.0 Å². The molecule has 0 saturated carbocycles. The second-order valence-corrected chi connectivity index (χ2v) is 6.91. The van der Waals surface area contributed by atoms with Crippen molar-refractivity contribution in [3.63, 3.8) is 0 Å². The zero-order chi connectivity index (χ0) is 17.4. The average molecular weight is 344 g/mol. The van der Waals surface area contributed by atoms with Crippen LogP contribution in [0.2, 0.25) is 0 Å². The maximum atomic E-state index is 13.1. The molecule has 1 spiro atoms. The number of hydrogen-bond acceptors (Lipinski definition) is 5. The molecule has 7 heteroatoms. The SMILES string of the molecule is CCn1ncc2cc(C(=O)N3CCOC4(CCCOC4)C3)c(C)nc21. The van der Waals surface area contributed by atoms with Crippen LogP contribution in [0, 0.1) is 6.92 Å². The molecule has 1 amide bonds. The van der Waals surface area contributed by atoms with E-state index in [1.54, 1.807) is 6.20 Å². The molecule has 25 heavy (non-hydrogen) atoms. The van der Waals surface area contributed by atoms with Gasteiger partial charge in [0.1, 0.15) is 5.60 Å². The van der Waals surface area contributed by atoms with Gasteiger partial charge >= 0.3 is 0 Å². The predicted octanol–water partition coefficient (Wildman–Crippen LogP) is 1.78. The molecule has 0 radical (unpaired) electrons. The van der Waals surface area contributed by atoms with Crippen LogP contribution in [0.15, 0.2) is 12.3 Å². The largest absolute Gasteiger partial charge is 0.378 e. The van der Waals surface area contributed by atoms with Crippen molar-refractivity contribution in [1.82, 2.24) is 19.7 Å². The summed E-state index contributed by atoms with van der Waals surface area (Å²) in [5, 5.41) is 5.23. The lowest BCUT2D eigenvalue weighted by Crippen LogP contribution is -2.57. The van der Waals surface area contributed by atoms with Crippen LogP contribution < -0.4 is 0 Å². The average Bonchev–Trinajstić information content (AvgIpc) is 3.03. The Hall–Kier alpha value is -1.99. The molecule has 0 aliphatic carbocycles. The maximum Gasteiger partial charge on any atom is 0.255 e. The topological polar surface area (TPSA) is 69.5 Å². The Balaban J connectivity index is 1.61. The minimum Gasteiger partial charge on any atom is -0.378 e. The van der Waals surface area contributed by atoms with Gasteiger partial charge in [0.2, 0.25) is 0 Å². The number of aromatic nitrogens is 3. The van der Waals surface area contributed by atoms with Gasteiger partial charge in [-0.2, -0.15) is 5.10 Å². The van der Waals surface area contributed by atoms with Gasteiger partial charge in [-0.25, -0.2) is 9.67 Å². The van der Waals surface area contributed by atoms with Gasteiger partial charge in [0, 0.05) is 25.1 Å². The maximum absolute atomic E-state index is 13.1. The Morgan fingerprint density at radius 2 is 2.28 bits per heavy atom. The summed E-state index contributed by atoms with van der Waals surface area (Å²) in [6.45, 7) is 7.76. The molecule has 2 fully saturated rings. The number of nitrogens with zero attached hydrogens (tertiary/aromatic N) is 4. The zero-order valence-corrected chi connectivity index (χ0v) is 14.8. The van der Waals surface area contributed by atoms with Crippen LogP contribution in [-0.4, -0.2) is 64.1 Å². The first kappa shape index (κ1) is 16.5. The molecule has 2 aliphatic heterocycles. The number of fused-ring (bicyclic) bond motifs is 1. The number of rotatable bonds is 2. The number of ether oxygens (including phenoxy) is 2. The van der Waals surface area contributed by atoms with E-state index in [2.05, 4.69) is 10.1 Å². The summed E-state index contributed by atoms with van der Waals surface area (Å²) in [5.41, 5.74) is 1.88. The summed E-state index contributed by atoms with van der Waals surface area (Å²) in [7, 11) is 0. The number of hydrogen-bond donors (Lipinski definition) is 0. The number of pyridine rings is 1. The fourth-order valence-corrected chi connectivity index (χ4v) is 3.80. The second kappa shape index (κ2) is 6.38. The molecule has 134 valence electrons. The standard InChI is InChI=1S/C18H24N4O3/c1-3-22-16-14(10-19-22)9-15(13(2)20-16)17(23)21-6-8-25-18(11-21)5-4-7-24-12-18/h9-10H,3-8,11-12H2,1-2H3. The Kier molecular flexibility index (Phi) is 4.21. The molecule has 0 aromatic carbocycles. The van der Waals surface area contributed by atoms with Crippen LogP contribution in [0.3, 0.4) is 0 Å². The third-order valence-corrected chi connectivity index (χ3v) is 5.15. The molecule has 4 rings (SSSR count). The van der Waals surface area contributed by atoms with Gasteiger partial charge in [0.15, 0.2) is 5.65 Å². The Bertz CT molecular complexity index is 789. The summed E-state index contributed by atoms with van der Waals surface area (Å²) in [6.07, 6.45) is 3.69. The van der Waals surface area contributed by atoms with Gasteiger partial charge in [0.25, 0.3) is 5.91 Å². The molecule has 0 N–H and O–H groups in total. The van der Waals surface area contributed by atoms with E-state index in [1.807, 2.05) is 29.5 Å². The predicted molar refractivity (Wildman–Crippen MR) is 92.6 cm³/mol. The number of carbonyl (C=O) groups excluding carboxylic acids is 1. The molecular weight excluding hydrogens is 320 g/mol. The lowest BCUT2D eigenvalue weighted by atomic mass is 9.94. The monoisotopic (exact) mass is 344 g/mol. The zero-order valence-electron chi connectivity index (χ0n) is 14.8. The van der Waals surface area contributed by atoms with Gasteiger partial charge in [-0.15, -0.1) is 0 Å². The molecule has 2 aromatic heterocycles. The number of amides is 1. The first-order chi connectivity index (χ1) is 12.1. The van der Waals surface area contributed by atoms with E-state index in [9.17, 15) is 4.79 Å². The number of carbonyl (C=O) groups is 1. The van der Waals surface area contributed by atoms with Gasteiger partial charge in [-0.05, 0) is 32.8 Å². The Morgan fingerprint density at radius 1 is 1.40 bits per heavy atom.